The second-order valence-corrected chi connectivity index (χ2v) is 21.9. The van der Waals surface area contributed by atoms with Crippen LogP contribution in [0.4, 0.5) is 4.79 Å². The third-order valence-electron chi connectivity index (χ3n) is 19.1. The number of rotatable bonds is 8. The summed E-state index contributed by atoms with van der Waals surface area (Å²) in [7, 11) is 0. The minimum atomic E-state index is -1.14. The van der Waals surface area contributed by atoms with Gasteiger partial charge in [-0.25, -0.2) is 4.79 Å². The Balaban J connectivity index is 1.07. The molecule has 10 aliphatic rings. The number of ether oxygens (including phenoxy) is 1. The summed E-state index contributed by atoms with van der Waals surface area (Å²) in [4.78, 5) is 31.4. The predicted octanol–water partition coefficient (Wildman–Crippen LogP) is 10.0. The normalized spacial score (nSPS) is 47.6. The molecule has 0 radical (unpaired) electrons. The Morgan fingerprint density at radius 2 is 1.69 bits per heavy atom. The van der Waals surface area contributed by atoms with Crippen LogP contribution >= 0.6 is 0 Å². The second-order valence-electron chi connectivity index (χ2n) is 21.9. The molecule has 7 heteroatoms. The Hall–Kier alpha value is -2.38. The Morgan fingerprint density at radius 1 is 0.945 bits per heavy atom. The molecule has 7 saturated carbocycles. The lowest BCUT2D eigenvalue weighted by atomic mass is 9.32. The van der Waals surface area contributed by atoms with Gasteiger partial charge in [0.1, 0.15) is 6.10 Å². The number of nitrogens with zero attached hydrogens (tertiary/aromatic N) is 1. The van der Waals surface area contributed by atoms with Crippen LogP contribution < -0.4 is 0 Å². The molecule has 1 aromatic heterocycles. The van der Waals surface area contributed by atoms with Gasteiger partial charge in [0.05, 0.1) is 24.5 Å². The molecule has 1 amide bonds. The molecule has 4 bridgehead atoms. The molecule has 0 aliphatic heterocycles. The van der Waals surface area contributed by atoms with E-state index in [0.29, 0.717) is 54.7 Å². The molecule has 0 aromatic carbocycles. The highest BCUT2D eigenvalue weighted by Crippen LogP contribution is 2.78. The summed E-state index contributed by atoms with van der Waals surface area (Å²) < 4.78 is 12.4. The SMILES string of the molecule is CC1CCC(C(C)C)C(OC(=O)N(CC2CCC3CC2C3(C)C)CC2(O)CCC3C45C=CC6(C=C4C(=O)c4ccco4)CC(O)CCC6(C)C5CCC32C)C1. The van der Waals surface area contributed by atoms with Gasteiger partial charge in [-0.1, -0.05) is 73.1 Å². The lowest BCUT2D eigenvalue weighted by Crippen LogP contribution is -2.67. The number of furan rings is 1. The number of hydrogen-bond donors (Lipinski definition) is 2. The van der Waals surface area contributed by atoms with E-state index in [-0.39, 0.29) is 47.2 Å². The monoisotopic (exact) mass is 756 g/mol. The smallest absolute Gasteiger partial charge is 0.410 e. The molecule has 0 saturated heterocycles. The summed E-state index contributed by atoms with van der Waals surface area (Å²) in [6.07, 6.45) is 19.9. The Morgan fingerprint density at radius 3 is 2.40 bits per heavy atom. The van der Waals surface area contributed by atoms with E-state index in [1.54, 1.807) is 18.4 Å². The fourth-order valence-electron chi connectivity index (χ4n) is 15.6. The van der Waals surface area contributed by atoms with Crippen LogP contribution in [0.2, 0.25) is 0 Å². The van der Waals surface area contributed by atoms with Crippen molar-refractivity contribution in [2.75, 3.05) is 13.1 Å². The molecule has 2 N–H and O–H groups in total. The van der Waals surface area contributed by atoms with Crippen LogP contribution in [0.3, 0.4) is 0 Å². The van der Waals surface area contributed by atoms with Crippen LogP contribution in [0.15, 0.2) is 46.6 Å². The van der Waals surface area contributed by atoms with Gasteiger partial charge >= 0.3 is 6.09 Å². The van der Waals surface area contributed by atoms with E-state index in [9.17, 15) is 19.8 Å². The molecule has 11 rings (SSSR count). The number of Topliss-reactive ketones (excluding diaryl/α,β-unsaturated/α-hetero) is 1. The molecule has 14 unspecified atom stereocenters. The summed E-state index contributed by atoms with van der Waals surface area (Å²) in [5.74, 6) is 3.58. The number of aliphatic hydroxyl groups is 2. The van der Waals surface area contributed by atoms with Crippen molar-refractivity contribution < 1.29 is 29.0 Å². The molecule has 14 atom stereocenters. The molecular weight excluding hydrogens is 687 g/mol. The van der Waals surface area contributed by atoms with Crippen LogP contribution in [0.5, 0.6) is 0 Å². The highest BCUT2D eigenvalue weighted by Gasteiger charge is 2.75. The second kappa shape index (κ2) is 12.8. The summed E-state index contributed by atoms with van der Waals surface area (Å²) in [6, 6.07) is 3.56. The van der Waals surface area contributed by atoms with Gasteiger partial charge in [-0.15, -0.1) is 0 Å². The average molecular weight is 756 g/mol. The van der Waals surface area contributed by atoms with Crippen LogP contribution in [0.1, 0.15) is 142 Å². The highest BCUT2D eigenvalue weighted by atomic mass is 16.6. The van der Waals surface area contributed by atoms with Gasteiger partial charge in [-0.05, 0) is 147 Å². The fraction of sp³-hybridized carbons (Fsp3) is 0.792. The number of fused-ring (bicyclic) bond motifs is 3. The molecule has 1 heterocycles. The van der Waals surface area contributed by atoms with Crippen molar-refractivity contribution in [1.29, 1.82) is 0 Å². The third kappa shape index (κ3) is 5.32. The van der Waals surface area contributed by atoms with E-state index in [1.807, 2.05) is 4.90 Å². The Labute approximate surface area is 330 Å². The zero-order chi connectivity index (χ0) is 38.9. The quantitative estimate of drug-likeness (QED) is 0.202. The molecule has 7 fully saturated rings. The van der Waals surface area contributed by atoms with Gasteiger partial charge in [0.15, 0.2) is 5.76 Å². The average Bonchev–Trinajstić information content (AvgIpc) is 3.77. The number of hydrogen-bond acceptors (Lipinski definition) is 6. The van der Waals surface area contributed by atoms with E-state index >= 15 is 0 Å². The third-order valence-corrected chi connectivity index (χ3v) is 19.1. The standard InChI is InChI=1S/C48H69NO6/c1-29(2)34-13-10-30(3)23-38(34)55-42(52)49(27-31-11-12-32-24-35(31)43(32,4)5)28-47(53)19-16-40-45(47,7)18-15-39-44(6)17-14-33(50)25-46(44)20-21-48(39,40)36(26-46)41(51)37-9-8-22-54-37/h8-9,20-22,26,29-35,38-40,50,53H,10-19,23-25,27-28H2,1-7H3. The van der Waals surface area contributed by atoms with Gasteiger partial charge < -0.3 is 24.3 Å². The van der Waals surface area contributed by atoms with Crippen LogP contribution in [0.25, 0.3) is 0 Å². The number of aliphatic hydroxyl groups excluding tert-OH is 1. The number of carbonyl (C=O) groups is 2. The summed E-state index contributed by atoms with van der Waals surface area (Å²) >= 11 is 0. The van der Waals surface area contributed by atoms with Crippen molar-refractivity contribution in [2.45, 2.75) is 150 Å². The minimum absolute atomic E-state index is 0.00975. The van der Waals surface area contributed by atoms with Crippen molar-refractivity contribution in [3.8, 4) is 0 Å². The van der Waals surface area contributed by atoms with E-state index < -0.39 is 27.9 Å². The molecular formula is C48H69NO6. The highest BCUT2D eigenvalue weighted by molar-refractivity contribution is 6.08. The maximum Gasteiger partial charge on any atom is 0.410 e. The first-order valence-electron chi connectivity index (χ1n) is 22.4. The number of ketones is 1. The molecule has 7 nitrogen and oxygen atoms in total. The fourth-order valence-corrected chi connectivity index (χ4v) is 15.6. The van der Waals surface area contributed by atoms with Crippen molar-refractivity contribution in [2.24, 2.45) is 74.4 Å². The number of allylic oxidation sites excluding steroid dienone is 4. The number of carbonyl (C=O) groups excluding carboxylic acids is 2. The molecule has 10 aliphatic carbocycles. The van der Waals surface area contributed by atoms with Gasteiger partial charge in [-0.3, -0.25) is 4.79 Å². The van der Waals surface area contributed by atoms with Crippen LogP contribution in [-0.4, -0.2) is 57.9 Å². The Bertz CT molecular complexity index is 1740. The van der Waals surface area contributed by atoms with Gasteiger partial charge in [-0.2, -0.15) is 0 Å². The Kier molecular flexibility index (Phi) is 8.89. The van der Waals surface area contributed by atoms with Crippen molar-refractivity contribution in [1.82, 2.24) is 4.90 Å². The zero-order valence-electron chi connectivity index (χ0n) is 34.8. The van der Waals surface area contributed by atoms with E-state index in [4.69, 9.17) is 9.15 Å². The number of amides is 1. The van der Waals surface area contributed by atoms with Crippen molar-refractivity contribution in [3.05, 3.63) is 48.0 Å². The molecule has 1 aromatic rings. The first-order valence-corrected chi connectivity index (χ1v) is 22.4. The predicted molar refractivity (Wildman–Crippen MR) is 213 cm³/mol. The lowest BCUT2D eigenvalue weighted by molar-refractivity contribution is -0.177. The van der Waals surface area contributed by atoms with Crippen molar-refractivity contribution >= 4 is 11.9 Å². The maximum absolute atomic E-state index is 14.8. The van der Waals surface area contributed by atoms with E-state index in [0.717, 1.165) is 62.9 Å². The van der Waals surface area contributed by atoms with E-state index in [2.05, 4.69) is 66.7 Å². The van der Waals surface area contributed by atoms with Gasteiger partial charge in [0.25, 0.3) is 0 Å². The first kappa shape index (κ1) is 38.2. The summed E-state index contributed by atoms with van der Waals surface area (Å²) in [5.41, 5.74) is -1.65. The summed E-state index contributed by atoms with van der Waals surface area (Å²) in [6.45, 7) is 17.3. The van der Waals surface area contributed by atoms with Crippen LogP contribution in [-0.2, 0) is 4.74 Å². The maximum atomic E-state index is 14.8. The lowest BCUT2D eigenvalue weighted by Gasteiger charge is -2.71. The molecule has 302 valence electrons. The minimum Gasteiger partial charge on any atom is -0.461 e. The van der Waals surface area contributed by atoms with Gasteiger partial charge in [0, 0.05) is 28.4 Å². The molecule has 2 spiro atoms. The van der Waals surface area contributed by atoms with Crippen molar-refractivity contribution in [3.63, 3.8) is 0 Å². The molecule has 55 heavy (non-hydrogen) atoms. The summed E-state index contributed by atoms with van der Waals surface area (Å²) in [5, 5.41) is 24.4. The van der Waals surface area contributed by atoms with E-state index in [1.165, 1.54) is 19.3 Å². The van der Waals surface area contributed by atoms with Crippen LogP contribution in [0, 0.1) is 74.4 Å². The largest absolute Gasteiger partial charge is 0.461 e. The zero-order valence-corrected chi connectivity index (χ0v) is 34.8. The topological polar surface area (TPSA) is 100 Å². The van der Waals surface area contributed by atoms with Gasteiger partial charge in [0.2, 0.25) is 5.78 Å². The first-order chi connectivity index (χ1) is 26.0.